The second-order valence-corrected chi connectivity index (χ2v) is 10.2. The van der Waals surface area contributed by atoms with E-state index in [1.54, 1.807) is 12.1 Å². The molecule has 2 aromatic carbocycles. The monoisotopic (exact) mass is 486 g/mol. The number of aliphatic carboxylic acids is 1. The van der Waals surface area contributed by atoms with Crippen LogP contribution in [0.15, 0.2) is 35.3 Å². The maximum absolute atomic E-state index is 13.0. The highest BCUT2D eigenvalue weighted by Gasteiger charge is 2.43. The van der Waals surface area contributed by atoms with Crippen molar-refractivity contribution in [3.05, 3.63) is 62.9 Å². The summed E-state index contributed by atoms with van der Waals surface area (Å²) in [6.45, 7) is 4.08. The number of carbonyl (C=O) groups is 3. The van der Waals surface area contributed by atoms with E-state index >= 15 is 0 Å². The molecule has 0 radical (unpaired) electrons. The number of carbonyl (C=O) groups excluding carboxylic acids is 1. The maximum Gasteiger partial charge on any atom is 0.341 e. The van der Waals surface area contributed by atoms with Gasteiger partial charge < -0.3 is 19.7 Å². The number of pyridine rings is 1. The van der Waals surface area contributed by atoms with Crippen LogP contribution < -0.4 is 10.3 Å². The minimum absolute atomic E-state index is 0.167. The Hall–Kier alpha value is -3.94. The molecule has 36 heavy (non-hydrogen) atoms. The highest BCUT2D eigenvalue weighted by Crippen LogP contribution is 2.45. The van der Waals surface area contributed by atoms with Crippen molar-refractivity contribution in [1.82, 2.24) is 4.57 Å². The fourth-order valence-electron chi connectivity index (χ4n) is 5.74. The molecule has 0 saturated heterocycles. The Kier molecular flexibility index (Phi) is 4.87. The quantitative estimate of drug-likeness (QED) is 0.520. The van der Waals surface area contributed by atoms with Gasteiger partial charge in [0.15, 0.2) is 5.78 Å². The van der Waals surface area contributed by atoms with E-state index in [1.807, 2.05) is 30.5 Å². The number of carboxylic acid groups (broad SMARTS) is 2. The van der Waals surface area contributed by atoms with E-state index in [4.69, 9.17) is 0 Å². The van der Waals surface area contributed by atoms with Gasteiger partial charge in [-0.3, -0.25) is 14.4 Å². The molecule has 1 aliphatic heterocycles. The molecule has 8 nitrogen and oxygen atoms in total. The Balaban J connectivity index is 1.57. The van der Waals surface area contributed by atoms with Crippen molar-refractivity contribution in [3.63, 3.8) is 0 Å². The lowest BCUT2D eigenvalue weighted by Crippen LogP contribution is -2.44. The van der Waals surface area contributed by atoms with E-state index < -0.39 is 23.3 Å². The molecule has 2 fully saturated rings. The van der Waals surface area contributed by atoms with E-state index in [1.165, 1.54) is 6.20 Å². The van der Waals surface area contributed by atoms with Crippen molar-refractivity contribution in [2.45, 2.75) is 51.6 Å². The number of ketones is 1. The number of anilines is 1. The van der Waals surface area contributed by atoms with Crippen LogP contribution >= 0.6 is 0 Å². The summed E-state index contributed by atoms with van der Waals surface area (Å²) in [5.74, 6) is -3.75. The van der Waals surface area contributed by atoms with Gasteiger partial charge in [0.05, 0.1) is 11.2 Å². The number of hydrogen-bond acceptors (Lipinski definition) is 5. The van der Waals surface area contributed by atoms with Crippen LogP contribution in [0.1, 0.15) is 63.6 Å². The Morgan fingerprint density at radius 1 is 0.861 bits per heavy atom. The first-order chi connectivity index (χ1) is 17.2. The van der Waals surface area contributed by atoms with Gasteiger partial charge in [0.2, 0.25) is 5.43 Å². The smallest absolute Gasteiger partial charge is 0.341 e. The summed E-state index contributed by atoms with van der Waals surface area (Å²) in [5, 5.41) is 19.6. The first-order valence-electron chi connectivity index (χ1n) is 12.3. The number of nitrogens with zero attached hydrogens (tertiary/aromatic N) is 2. The van der Waals surface area contributed by atoms with Crippen LogP contribution in [-0.2, 0) is 4.79 Å². The van der Waals surface area contributed by atoms with Gasteiger partial charge in [0.1, 0.15) is 11.5 Å². The van der Waals surface area contributed by atoms with Crippen LogP contribution in [0.25, 0.3) is 22.0 Å². The molecule has 184 valence electrons. The molecule has 3 aromatic rings. The number of Topliss-reactive ketones (excluding diaryl/α,β-unsaturated/α-hetero) is 1. The second kappa shape index (κ2) is 7.78. The number of aromatic carboxylic acids is 1. The molecular formula is C28H26N2O6. The Labute approximate surface area is 206 Å². The minimum Gasteiger partial charge on any atom is -0.481 e. The zero-order chi connectivity index (χ0) is 25.5. The normalized spacial score (nSPS) is 19.4. The highest BCUT2D eigenvalue weighted by molar-refractivity contribution is 6.14. The van der Waals surface area contributed by atoms with Gasteiger partial charge in [-0.25, -0.2) is 4.79 Å². The van der Waals surface area contributed by atoms with Crippen LogP contribution in [-0.4, -0.2) is 45.1 Å². The molecule has 2 N–H and O–H groups in total. The summed E-state index contributed by atoms with van der Waals surface area (Å²) < 4.78 is 1.93. The molecule has 0 spiro atoms. The van der Waals surface area contributed by atoms with Crippen LogP contribution in [0.4, 0.5) is 5.69 Å². The summed E-state index contributed by atoms with van der Waals surface area (Å²) in [6.07, 6.45) is 5.28. The molecule has 2 saturated carbocycles. The molecule has 6 rings (SSSR count). The molecule has 1 aromatic heterocycles. The summed E-state index contributed by atoms with van der Waals surface area (Å²) in [5.41, 5.74) is 4.87. The molecule has 1 atom stereocenters. The van der Waals surface area contributed by atoms with E-state index in [-0.39, 0.29) is 30.0 Å². The Morgan fingerprint density at radius 3 is 2.08 bits per heavy atom. The average molecular weight is 487 g/mol. The zero-order valence-electron chi connectivity index (χ0n) is 20.1. The van der Waals surface area contributed by atoms with E-state index in [9.17, 15) is 29.4 Å². The highest BCUT2D eigenvalue weighted by atomic mass is 16.4. The lowest BCUT2D eigenvalue weighted by molar-refractivity contribution is -0.139. The Morgan fingerprint density at radius 2 is 1.47 bits per heavy atom. The lowest BCUT2D eigenvalue weighted by atomic mass is 9.85. The average Bonchev–Trinajstić information content (AvgIpc) is 3.74. The Bertz CT molecular complexity index is 1560. The van der Waals surface area contributed by atoms with Gasteiger partial charge in [0.25, 0.3) is 0 Å². The van der Waals surface area contributed by atoms with E-state index in [0.717, 1.165) is 59.1 Å². The third-order valence-electron chi connectivity index (χ3n) is 7.87. The van der Waals surface area contributed by atoms with Crippen molar-refractivity contribution in [2.24, 2.45) is 5.92 Å². The topological polar surface area (TPSA) is 117 Å². The second-order valence-electron chi connectivity index (χ2n) is 10.2. The summed E-state index contributed by atoms with van der Waals surface area (Å²) in [4.78, 5) is 51.6. The molecule has 3 aliphatic rings. The predicted octanol–water partition coefficient (Wildman–Crippen LogP) is 4.18. The van der Waals surface area contributed by atoms with Crippen LogP contribution in [0.5, 0.6) is 0 Å². The van der Waals surface area contributed by atoms with E-state index in [2.05, 4.69) is 4.90 Å². The van der Waals surface area contributed by atoms with Gasteiger partial charge in [-0.1, -0.05) is 12.1 Å². The number of benzene rings is 2. The molecule has 1 unspecified atom stereocenters. The largest absolute Gasteiger partial charge is 0.481 e. The minimum atomic E-state index is -1.23. The number of carboxylic acids is 2. The standard InChI is InChI=1S/C28H26N2O6/c1-13-17(7-9-19-23(13)29(15-3-4-15)11-21(25(19)31)27(33)34)18-8-10-20-24(14(18)2)30(16-5-6-16)12-22(26(20)32)28(35)36/h7-11,15-16,22H,3-6,12H2,1-2H3,(H,33,34)(H,35,36). The van der Waals surface area contributed by atoms with Crippen LogP contribution in [0.3, 0.4) is 0 Å². The fraction of sp³-hybridized carbons (Fsp3) is 0.357. The van der Waals surface area contributed by atoms with Crippen LogP contribution in [0, 0.1) is 19.8 Å². The van der Waals surface area contributed by atoms with Crippen molar-refractivity contribution < 1.29 is 24.6 Å². The summed E-state index contributed by atoms with van der Waals surface area (Å²) in [6, 6.07) is 7.55. The van der Waals surface area contributed by atoms with E-state index in [0.29, 0.717) is 10.9 Å². The molecule has 2 heterocycles. The van der Waals surface area contributed by atoms with Gasteiger partial charge in [-0.15, -0.1) is 0 Å². The first-order valence-corrected chi connectivity index (χ1v) is 12.3. The third-order valence-corrected chi connectivity index (χ3v) is 7.87. The van der Waals surface area contributed by atoms with Gasteiger partial charge in [-0.2, -0.15) is 0 Å². The molecule has 0 bridgehead atoms. The number of fused-ring (bicyclic) bond motifs is 2. The lowest BCUT2D eigenvalue weighted by Gasteiger charge is -2.36. The van der Waals surface area contributed by atoms with Gasteiger partial charge in [-0.05, 0) is 73.9 Å². The summed E-state index contributed by atoms with van der Waals surface area (Å²) in [7, 11) is 0. The molecular weight excluding hydrogens is 460 g/mol. The van der Waals surface area contributed by atoms with Crippen molar-refractivity contribution >= 4 is 34.3 Å². The van der Waals surface area contributed by atoms with Crippen molar-refractivity contribution in [1.29, 1.82) is 0 Å². The zero-order valence-corrected chi connectivity index (χ0v) is 20.1. The number of hydrogen-bond donors (Lipinski definition) is 2. The first kappa shape index (κ1) is 22.5. The molecule has 2 aliphatic carbocycles. The van der Waals surface area contributed by atoms with Gasteiger partial charge in [0, 0.05) is 35.8 Å². The third kappa shape index (κ3) is 3.27. The van der Waals surface area contributed by atoms with Crippen LogP contribution in [0.2, 0.25) is 0 Å². The molecule has 8 heteroatoms. The SMILES string of the molecule is Cc1c(-c2ccc3c(=O)c(C(=O)O)cn(C4CC4)c3c2C)ccc2c1N(C1CC1)CC(C(=O)O)C2=O. The number of aryl methyl sites for hydroxylation is 1. The predicted molar refractivity (Wildman–Crippen MR) is 134 cm³/mol. The fourth-order valence-corrected chi connectivity index (χ4v) is 5.74. The van der Waals surface area contributed by atoms with Crippen molar-refractivity contribution in [3.8, 4) is 11.1 Å². The molecule has 0 amide bonds. The van der Waals surface area contributed by atoms with Crippen molar-refractivity contribution in [2.75, 3.05) is 11.4 Å². The summed E-state index contributed by atoms with van der Waals surface area (Å²) >= 11 is 0. The maximum atomic E-state index is 13.0. The number of aromatic nitrogens is 1. The van der Waals surface area contributed by atoms with Gasteiger partial charge >= 0.3 is 11.9 Å². The number of rotatable bonds is 5.